The molecule has 0 spiro atoms. The lowest BCUT2D eigenvalue weighted by atomic mass is 9.75. The number of carbonyl (C=O) groups is 1. The summed E-state index contributed by atoms with van der Waals surface area (Å²) in [4.78, 5) is 12.0. The van der Waals surface area contributed by atoms with Crippen molar-refractivity contribution in [3.63, 3.8) is 0 Å². The molecule has 0 aliphatic heterocycles. The van der Waals surface area contributed by atoms with Gasteiger partial charge in [0.25, 0.3) is 0 Å². The maximum atomic E-state index is 12.0. The lowest BCUT2D eigenvalue weighted by molar-refractivity contribution is -0.145. The Bertz CT molecular complexity index is 388. The first-order valence-corrected chi connectivity index (χ1v) is 6.55. The number of rotatable bonds is 3. The van der Waals surface area contributed by atoms with Gasteiger partial charge in [0.05, 0.1) is 19.1 Å². The molecule has 1 aliphatic carbocycles. The van der Waals surface area contributed by atoms with Crippen LogP contribution in [-0.2, 0) is 9.53 Å². The quantitative estimate of drug-likeness (QED) is 0.836. The molecule has 0 amide bonds. The van der Waals surface area contributed by atoms with Crippen molar-refractivity contribution < 1.29 is 14.6 Å². The molecule has 0 bridgehead atoms. The fourth-order valence-corrected chi connectivity index (χ4v) is 2.87. The second-order valence-electron chi connectivity index (χ2n) is 4.93. The second-order valence-corrected chi connectivity index (χ2v) is 4.93. The van der Waals surface area contributed by atoms with Gasteiger partial charge < -0.3 is 9.84 Å². The Labute approximate surface area is 108 Å². The summed E-state index contributed by atoms with van der Waals surface area (Å²) in [7, 11) is 1.41. The summed E-state index contributed by atoms with van der Waals surface area (Å²) in [6.07, 6.45) is 3.38. The van der Waals surface area contributed by atoms with Crippen LogP contribution < -0.4 is 0 Å². The van der Waals surface area contributed by atoms with E-state index in [0.717, 1.165) is 31.2 Å². The van der Waals surface area contributed by atoms with Crippen LogP contribution in [-0.4, -0.2) is 24.3 Å². The molecule has 0 radical (unpaired) electrons. The van der Waals surface area contributed by atoms with Gasteiger partial charge in [-0.3, -0.25) is 4.79 Å². The number of methoxy groups -OCH3 is 1. The molecule has 2 rings (SSSR count). The minimum absolute atomic E-state index is 0.0198. The minimum atomic E-state index is -0.400. The van der Waals surface area contributed by atoms with Gasteiger partial charge in [-0.05, 0) is 18.4 Å². The fraction of sp³-hybridized carbons (Fsp3) is 0.533. The number of carbonyl (C=O) groups excluding carboxylic acids is 1. The average Bonchev–Trinajstić information content (AvgIpc) is 2.42. The fourth-order valence-electron chi connectivity index (χ4n) is 2.87. The van der Waals surface area contributed by atoms with Crippen molar-refractivity contribution in [3.05, 3.63) is 35.9 Å². The molecule has 3 nitrogen and oxygen atoms in total. The van der Waals surface area contributed by atoms with E-state index in [1.165, 1.54) is 7.11 Å². The van der Waals surface area contributed by atoms with Crippen molar-refractivity contribution >= 4 is 5.97 Å². The molecule has 18 heavy (non-hydrogen) atoms. The van der Waals surface area contributed by atoms with Gasteiger partial charge in [0, 0.05) is 5.92 Å². The van der Waals surface area contributed by atoms with E-state index >= 15 is 0 Å². The first kappa shape index (κ1) is 13.1. The number of esters is 1. The SMILES string of the molecule is COC(=O)C(c1ccccc1)C1CCCCC1O. The number of benzene rings is 1. The van der Waals surface area contributed by atoms with Gasteiger partial charge >= 0.3 is 5.97 Å². The first-order valence-electron chi connectivity index (χ1n) is 6.55. The van der Waals surface area contributed by atoms with Gasteiger partial charge in [-0.25, -0.2) is 0 Å². The van der Waals surface area contributed by atoms with E-state index in [2.05, 4.69) is 0 Å². The zero-order valence-corrected chi connectivity index (χ0v) is 10.7. The zero-order valence-electron chi connectivity index (χ0n) is 10.7. The van der Waals surface area contributed by atoms with Gasteiger partial charge in [0.1, 0.15) is 0 Å². The first-order chi connectivity index (χ1) is 8.74. The van der Waals surface area contributed by atoms with Crippen molar-refractivity contribution in [1.82, 2.24) is 0 Å². The van der Waals surface area contributed by atoms with E-state index < -0.39 is 6.10 Å². The Morgan fingerprint density at radius 2 is 1.94 bits per heavy atom. The van der Waals surface area contributed by atoms with Crippen LogP contribution in [0, 0.1) is 5.92 Å². The van der Waals surface area contributed by atoms with E-state index in [-0.39, 0.29) is 17.8 Å². The Morgan fingerprint density at radius 3 is 2.56 bits per heavy atom. The highest BCUT2D eigenvalue weighted by atomic mass is 16.5. The van der Waals surface area contributed by atoms with Crippen molar-refractivity contribution in [1.29, 1.82) is 0 Å². The summed E-state index contributed by atoms with van der Waals surface area (Å²) >= 11 is 0. The maximum Gasteiger partial charge on any atom is 0.313 e. The highest BCUT2D eigenvalue weighted by Gasteiger charge is 2.36. The van der Waals surface area contributed by atoms with Gasteiger partial charge in [-0.15, -0.1) is 0 Å². The Kier molecular flexibility index (Phi) is 4.37. The topological polar surface area (TPSA) is 46.5 Å². The van der Waals surface area contributed by atoms with Crippen LogP contribution >= 0.6 is 0 Å². The van der Waals surface area contributed by atoms with Crippen molar-refractivity contribution in [2.75, 3.05) is 7.11 Å². The lowest BCUT2D eigenvalue weighted by Crippen LogP contribution is -2.34. The minimum Gasteiger partial charge on any atom is -0.469 e. The molecule has 0 heterocycles. The van der Waals surface area contributed by atoms with Gasteiger partial charge in [0.15, 0.2) is 0 Å². The number of hydrogen-bond acceptors (Lipinski definition) is 3. The van der Waals surface area contributed by atoms with Gasteiger partial charge in [-0.2, -0.15) is 0 Å². The summed E-state index contributed by atoms with van der Waals surface area (Å²) in [6.45, 7) is 0. The number of aliphatic hydroxyl groups excluding tert-OH is 1. The van der Waals surface area contributed by atoms with Crippen molar-refractivity contribution in [2.45, 2.75) is 37.7 Å². The summed E-state index contributed by atoms with van der Waals surface area (Å²) in [6, 6.07) is 9.63. The van der Waals surface area contributed by atoms with Crippen LogP contribution in [0.1, 0.15) is 37.2 Å². The molecule has 3 atom stereocenters. The average molecular weight is 248 g/mol. The molecule has 3 unspecified atom stereocenters. The van der Waals surface area contributed by atoms with Gasteiger partial charge in [0.2, 0.25) is 0 Å². The number of ether oxygens (including phenoxy) is 1. The molecule has 1 aromatic carbocycles. The summed E-state index contributed by atoms with van der Waals surface area (Å²) in [5, 5.41) is 10.1. The highest BCUT2D eigenvalue weighted by Crippen LogP contribution is 2.37. The molecular formula is C15H20O3. The standard InChI is InChI=1S/C15H20O3/c1-18-15(17)14(11-7-3-2-4-8-11)12-9-5-6-10-13(12)16/h2-4,7-8,12-14,16H,5-6,9-10H2,1H3. The van der Waals surface area contributed by atoms with E-state index in [1.54, 1.807) is 0 Å². The van der Waals surface area contributed by atoms with Crippen LogP contribution in [0.25, 0.3) is 0 Å². The third-order valence-corrected chi connectivity index (χ3v) is 3.82. The Hall–Kier alpha value is -1.35. The van der Waals surface area contributed by atoms with Gasteiger partial charge in [-0.1, -0.05) is 43.2 Å². The molecule has 3 heteroatoms. The smallest absolute Gasteiger partial charge is 0.313 e. The third-order valence-electron chi connectivity index (χ3n) is 3.82. The third kappa shape index (κ3) is 2.72. The number of hydrogen-bond donors (Lipinski definition) is 1. The summed E-state index contributed by atoms with van der Waals surface area (Å²) in [5.41, 5.74) is 0.940. The van der Waals surface area contributed by atoms with Crippen LogP contribution in [0.4, 0.5) is 0 Å². The molecule has 0 saturated heterocycles. The van der Waals surface area contributed by atoms with Crippen molar-refractivity contribution in [3.8, 4) is 0 Å². The molecule has 1 aliphatic rings. The predicted molar refractivity (Wildman–Crippen MR) is 69.2 cm³/mol. The monoisotopic (exact) mass is 248 g/mol. The van der Waals surface area contributed by atoms with E-state index in [4.69, 9.17) is 4.74 Å². The molecule has 98 valence electrons. The van der Waals surface area contributed by atoms with E-state index in [9.17, 15) is 9.90 Å². The molecule has 1 fully saturated rings. The van der Waals surface area contributed by atoms with Crippen LogP contribution in [0.15, 0.2) is 30.3 Å². The molecule has 0 aromatic heterocycles. The van der Waals surface area contributed by atoms with E-state index in [0.29, 0.717) is 0 Å². The lowest BCUT2D eigenvalue weighted by Gasteiger charge is -2.33. The Morgan fingerprint density at radius 1 is 1.28 bits per heavy atom. The Balaban J connectivity index is 2.27. The largest absolute Gasteiger partial charge is 0.469 e. The number of aliphatic hydroxyl groups is 1. The molecule has 1 N–H and O–H groups in total. The predicted octanol–water partition coefficient (Wildman–Crippen LogP) is 2.49. The van der Waals surface area contributed by atoms with Crippen LogP contribution in [0.5, 0.6) is 0 Å². The van der Waals surface area contributed by atoms with Crippen LogP contribution in [0.2, 0.25) is 0 Å². The normalized spacial score (nSPS) is 25.4. The van der Waals surface area contributed by atoms with Crippen LogP contribution in [0.3, 0.4) is 0 Å². The molecule has 1 saturated carbocycles. The second kappa shape index (κ2) is 6.01. The van der Waals surface area contributed by atoms with Crippen molar-refractivity contribution in [2.24, 2.45) is 5.92 Å². The molecule has 1 aromatic rings. The molecular weight excluding hydrogens is 228 g/mol. The highest BCUT2D eigenvalue weighted by molar-refractivity contribution is 5.78. The summed E-state index contributed by atoms with van der Waals surface area (Å²) < 4.78 is 4.92. The summed E-state index contributed by atoms with van der Waals surface area (Å²) in [5.74, 6) is -0.604. The zero-order chi connectivity index (χ0) is 13.0. The van der Waals surface area contributed by atoms with E-state index in [1.807, 2.05) is 30.3 Å². The maximum absolute atomic E-state index is 12.0.